The Balaban J connectivity index is 2.46. The van der Waals surface area contributed by atoms with E-state index in [0.29, 0.717) is 10.6 Å². The smallest absolute Gasteiger partial charge is 0.126 e. The first kappa shape index (κ1) is 14.0. The van der Waals surface area contributed by atoms with E-state index in [1.54, 1.807) is 13.0 Å². The molecule has 0 saturated carbocycles. The summed E-state index contributed by atoms with van der Waals surface area (Å²) in [6.07, 6.45) is 0. The molecule has 0 fully saturated rings. The van der Waals surface area contributed by atoms with Crippen LogP contribution in [0.4, 0.5) is 4.39 Å². The number of rotatable bonds is 3. The fraction of sp³-hybridized carbons (Fsp3) is 0.200. The molecule has 0 aliphatic heterocycles. The monoisotopic (exact) mass is 278 g/mol. The van der Waals surface area contributed by atoms with Gasteiger partial charge in [-0.25, -0.2) is 9.82 Å². The molecular formula is C15H16ClFN2. The lowest BCUT2D eigenvalue weighted by Crippen LogP contribution is -2.29. The van der Waals surface area contributed by atoms with Crippen molar-refractivity contribution in [3.63, 3.8) is 0 Å². The molecule has 4 heteroatoms. The molecule has 1 atom stereocenters. The number of halogens is 2. The van der Waals surface area contributed by atoms with Gasteiger partial charge in [0.1, 0.15) is 5.82 Å². The van der Waals surface area contributed by atoms with Crippen molar-refractivity contribution >= 4 is 11.6 Å². The van der Waals surface area contributed by atoms with Crippen LogP contribution in [0.1, 0.15) is 28.3 Å². The van der Waals surface area contributed by atoms with Gasteiger partial charge in [-0.3, -0.25) is 5.84 Å². The lowest BCUT2D eigenvalue weighted by molar-refractivity contribution is 0.599. The zero-order valence-corrected chi connectivity index (χ0v) is 11.6. The maximum atomic E-state index is 13.7. The first-order chi connectivity index (χ1) is 9.02. The van der Waals surface area contributed by atoms with Crippen LogP contribution in [-0.2, 0) is 0 Å². The van der Waals surface area contributed by atoms with Crippen LogP contribution in [0.25, 0.3) is 0 Å². The second-order valence-corrected chi connectivity index (χ2v) is 5.04. The second kappa shape index (κ2) is 5.70. The van der Waals surface area contributed by atoms with Crippen molar-refractivity contribution in [1.29, 1.82) is 0 Å². The molecule has 0 heterocycles. The van der Waals surface area contributed by atoms with Crippen molar-refractivity contribution < 1.29 is 4.39 Å². The molecule has 2 rings (SSSR count). The van der Waals surface area contributed by atoms with Gasteiger partial charge in [-0.1, -0.05) is 35.9 Å². The highest BCUT2D eigenvalue weighted by Crippen LogP contribution is 2.29. The van der Waals surface area contributed by atoms with Crippen molar-refractivity contribution in [2.24, 2.45) is 5.84 Å². The number of hydrogen-bond donors (Lipinski definition) is 2. The molecule has 2 nitrogen and oxygen atoms in total. The van der Waals surface area contributed by atoms with Crippen LogP contribution >= 0.6 is 11.6 Å². The van der Waals surface area contributed by atoms with Crippen molar-refractivity contribution in [3.05, 3.63) is 69.5 Å². The summed E-state index contributed by atoms with van der Waals surface area (Å²) in [5, 5.41) is 0.615. The Labute approximate surface area is 117 Å². The average molecular weight is 279 g/mol. The summed E-state index contributed by atoms with van der Waals surface area (Å²) in [5.74, 6) is 5.35. The van der Waals surface area contributed by atoms with E-state index in [1.807, 2.05) is 31.2 Å². The molecule has 100 valence electrons. The fourth-order valence-corrected chi connectivity index (χ4v) is 2.36. The van der Waals surface area contributed by atoms with Crippen LogP contribution < -0.4 is 11.3 Å². The van der Waals surface area contributed by atoms with E-state index in [1.165, 1.54) is 6.07 Å². The van der Waals surface area contributed by atoms with Gasteiger partial charge < -0.3 is 0 Å². The van der Waals surface area contributed by atoms with Gasteiger partial charge in [0.2, 0.25) is 0 Å². The van der Waals surface area contributed by atoms with Crippen molar-refractivity contribution in [3.8, 4) is 0 Å². The minimum atomic E-state index is -0.330. The van der Waals surface area contributed by atoms with Crippen LogP contribution in [0.15, 0.2) is 36.4 Å². The third-order valence-corrected chi connectivity index (χ3v) is 3.49. The highest BCUT2D eigenvalue weighted by molar-refractivity contribution is 6.31. The zero-order valence-electron chi connectivity index (χ0n) is 10.9. The molecule has 0 aromatic heterocycles. The van der Waals surface area contributed by atoms with Crippen molar-refractivity contribution in [2.45, 2.75) is 19.9 Å². The van der Waals surface area contributed by atoms with Gasteiger partial charge >= 0.3 is 0 Å². The second-order valence-electron chi connectivity index (χ2n) is 4.63. The summed E-state index contributed by atoms with van der Waals surface area (Å²) in [5.41, 5.74) is 5.94. The Morgan fingerprint density at radius 2 is 1.89 bits per heavy atom. The Kier molecular flexibility index (Phi) is 4.20. The standard InChI is InChI=1S/C15H16ClFN2/c1-9-3-6-12(13(16)7-9)15(19-18)11-5-4-10(2)14(17)8-11/h3-8,15,19H,18H2,1-2H3. The predicted octanol–water partition coefficient (Wildman–Crippen LogP) is 3.65. The Hall–Kier alpha value is -1.42. The summed E-state index contributed by atoms with van der Waals surface area (Å²) in [6.45, 7) is 3.69. The highest BCUT2D eigenvalue weighted by Gasteiger charge is 2.16. The molecule has 0 saturated heterocycles. The molecule has 0 aliphatic rings. The van der Waals surface area contributed by atoms with Gasteiger partial charge in [-0.05, 0) is 48.2 Å². The number of aryl methyl sites for hydroxylation is 2. The maximum Gasteiger partial charge on any atom is 0.126 e. The molecule has 0 amide bonds. The first-order valence-electron chi connectivity index (χ1n) is 6.01. The molecule has 3 N–H and O–H groups in total. The molecular weight excluding hydrogens is 263 g/mol. The average Bonchev–Trinajstić information content (AvgIpc) is 2.37. The Morgan fingerprint density at radius 3 is 2.47 bits per heavy atom. The van der Waals surface area contributed by atoms with Crippen LogP contribution in [0.2, 0.25) is 5.02 Å². The first-order valence-corrected chi connectivity index (χ1v) is 6.39. The number of benzene rings is 2. The number of hydrogen-bond acceptors (Lipinski definition) is 2. The minimum absolute atomic E-state index is 0.249. The molecule has 0 spiro atoms. The van der Waals surface area contributed by atoms with Gasteiger partial charge in [0.05, 0.1) is 6.04 Å². The third kappa shape index (κ3) is 2.95. The summed E-state index contributed by atoms with van der Waals surface area (Å²) >= 11 is 6.23. The minimum Gasteiger partial charge on any atom is -0.271 e. The quantitative estimate of drug-likeness (QED) is 0.664. The van der Waals surface area contributed by atoms with Gasteiger partial charge in [0, 0.05) is 5.02 Å². The molecule has 2 aromatic rings. The number of nitrogens with one attached hydrogen (secondary N) is 1. The van der Waals surface area contributed by atoms with Gasteiger partial charge in [0.25, 0.3) is 0 Å². The van der Waals surface area contributed by atoms with E-state index in [9.17, 15) is 4.39 Å². The zero-order chi connectivity index (χ0) is 14.0. The van der Waals surface area contributed by atoms with Crippen LogP contribution in [-0.4, -0.2) is 0 Å². The summed E-state index contributed by atoms with van der Waals surface area (Å²) in [4.78, 5) is 0. The van der Waals surface area contributed by atoms with Gasteiger partial charge in [0.15, 0.2) is 0 Å². The molecule has 1 unspecified atom stereocenters. The largest absolute Gasteiger partial charge is 0.271 e. The van der Waals surface area contributed by atoms with E-state index in [-0.39, 0.29) is 11.9 Å². The van der Waals surface area contributed by atoms with E-state index in [2.05, 4.69) is 5.43 Å². The Morgan fingerprint density at radius 1 is 1.16 bits per heavy atom. The van der Waals surface area contributed by atoms with Crippen LogP contribution in [0, 0.1) is 19.7 Å². The lowest BCUT2D eigenvalue weighted by atomic mass is 9.97. The SMILES string of the molecule is Cc1ccc(C(NN)c2ccc(C)c(F)c2)c(Cl)c1. The van der Waals surface area contributed by atoms with E-state index < -0.39 is 0 Å². The van der Waals surface area contributed by atoms with Gasteiger partial charge in [-0.15, -0.1) is 0 Å². The highest BCUT2D eigenvalue weighted by atomic mass is 35.5. The summed E-state index contributed by atoms with van der Waals surface area (Å²) in [6, 6.07) is 10.5. The fourth-order valence-electron chi connectivity index (χ4n) is 2.02. The van der Waals surface area contributed by atoms with Gasteiger partial charge in [-0.2, -0.15) is 0 Å². The van der Waals surface area contributed by atoms with Crippen molar-refractivity contribution in [2.75, 3.05) is 0 Å². The lowest BCUT2D eigenvalue weighted by Gasteiger charge is -2.19. The predicted molar refractivity (Wildman–Crippen MR) is 76.5 cm³/mol. The molecule has 0 radical (unpaired) electrons. The van der Waals surface area contributed by atoms with E-state index >= 15 is 0 Å². The molecule has 2 aromatic carbocycles. The van der Waals surface area contributed by atoms with Crippen LogP contribution in [0.5, 0.6) is 0 Å². The Bertz CT molecular complexity index is 599. The molecule has 0 bridgehead atoms. The van der Waals surface area contributed by atoms with Crippen molar-refractivity contribution in [1.82, 2.24) is 5.43 Å². The maximum absolute atomic E-state index is 13.7. The molecule has 19 heavy (non-hydrogen) atoms. The third-order valence-electron chi connectivity index (χ3n) is 3.16. The molecule has 0 aliphatic carbocycles. The topological polar surface area (TPSA) is 38.0 Å². The summed E-state index contributed by atoms with van der Waals surface area (Å²) < 4.78 is 13.7. The normalized spacial score (nSPS) is 12.5. The number of nitrogens with two attached hydrogens (primary N) is 1. The van der Waals surface area contributed by atoms with E-state index in [4.69, 9.17) is 17.4 Å². The summed E-state index contributed by atoms with van der Waals surface area (Å²) in [7, 11) is 0. The van der Waals surface area contributed by atoms with Crippen LogP contribution in [0.3, 0.4) is 0 Å². The number of hydrazine groups is 1. The van der Waals surface area contributed by atoms with E-state index in [0.717, 1.165) is 16.7 Å².